The van der Waals surface area contributed by atoms with Gasteiger partial charge < -0.3 is 10.2 Å². The Morgan fingerprint density at radius 1 is 1.12 bits per heavy atom. The fraction of sp³-hybridized carbons (Fsp3) is 0.391. The van der Waals surface area contributed by atoms with E-state index < -0.39 is 45.6 Å². The molecular formula is C23H24ClF2N3O4S. The normalized spacial score (nSPS) is 21.4. The Balaban J connectivity index is 1.59. The molecule has 7 nitrogen and oxygen atoms in total. The summed E-state index contributed by atoms with van der Waals surface area (Å²) in [6, 6.07) is 5.32. The van der Waals surface area contributed by atoms with E-state index in [0.29, 0.717) is 12.8 Å². The van der Waals surface area contributed by atoms with Gasteiger partial charge in [-0.2, -0.15) is 0 Å². The van der Waals surface area contributed by atoms with Crippen LogP contribution in [0.5, 0.6) is 0 Å². The quantitative estimate of drug-likeness (QED) is 0.578. The molecule has 182 valence electrons. The number of nitrogens with two attached hydrogens (primary N) is 1. The van der Waals surface area contributed by atoms with Crippen molar-refractivity contribution >= 4 is 33.4 Å². The number of halogens is 3. The molecule has 2 fully saturated rings. The van der Waals surface area contributed by atoms with Crippen LogP contribution in [0.25, 0.3) is 0 Å². The maximum absolute atomic E-state index is 14.6. The topological polar surface area (TPSA) is 110 Å². The van der Waals surface area contributed by atoms with Crippen LogP contribution in [-0.4, -0.2) is 37.2 Å². The van der Waals surface area contributed by atoms with Crippen LogP contribution in [0.4, 0.5) is 8.78 Å². The van der Waals surface area contributed by atoms with E-state index in [0.717, 1.165) is 25.0 Å². The molecule has 3 atom stereocenters. The van der Waals surface area contributed by atoms with E-state index in [4.69, 9.17) is 16.7 Å². The Kier molecular flexibility index (Phi) is 6.67. The van der Waals surface area contributed by atoms with Gasteiger partial charge in [0.1, 0.15) is 17.7 Å². The molecule has 1 saturated carbocycles. The highest BCUT2D eigenvalue weighted by atomic mass is 35.5. The molecule has 34 heavy (non-hydrogen) atoms. The van der Waals surface area contributed by atoms with E-state index in [1.807, 2.05) is 0 Å². The van der Waals surface area contributed by atoms with Gasteiger partial charge in [-0.05, 0) is 68.9 Å². The minimum atomic E-state index is -4.01. The van der Waals surface area contributed by atoms with Crippen LogP contribution in [0, 0.1) is 17.6 Å². The summed E-state index contributed by atoms with van der Waals surface area (Å²) in [6.07, 6.45) is 2.43. The van der Waals surface area contributed by atoms with Gasteiger partial charge in [0.25, 0.3) is 5.91 Å². The summed E-state index contributed by atoms with van der Waals surface area (Å²) < 4.78 is 52.0. The fourth-order valence-corrected chi connectivity index (χ4v) is 5.15. The third-order valence-corrected chi connectivity index (χ3v) is 7.58. The first-order valence-electron chi connectivity index (χ1n) is 10.9. The van der Waals surface area contributed by atoms with Crippen molar-refractivity contribution in [3.05, 3.63) is 64.2 Å². The molecule has 1 saturated heterocycles. The first-order chi connectivity index (χ1) is 16.0. The molecule has 4 rings (SSSR count). The van der Waals surface area contributed by atoms with E-state index in [1.54, 1.807) is 6.92 Å². The Hall–Kier alpha value is -2.56. The van der Waals surface area contributed by atoms with Crippen LogP contribution >= 0.6 is 11.6 Å². The number of carbonyl (C=O) groups is 2. The van der Waals surface area contributed by atoms with Crippen LogP contribution in [-0.2, 0) is 14.8 Å². The van der Waals surface area contributed by atoms with E-state index in [-0.39, 0.29) is 33.0 Å². The van der Waals surface area contributed by atoms with Crippen molar-refractivity contribution in [2.75, 3.05) is 0 Å². The summed E-state index contributed by atoms with van der Waals surface area (Å²) in [5, 5.41) is 7.65. The zero-order valence-electron chi connectivity index (χ0n) is 18.3. The van der Waals surface area contributed by atoms with Crippen molar-refractivity contribution < 1.29 is 26.8 Å². The molecule has 2 amide bonds. The maximum Gasteiger partial charge on any atom is 0.254 e. The summed E-state index contributed by atoms with van der Waals surface area (Å²) >= 11 is 5.67. The summed E-state index contributed by atoms with van der Waals surface area (Å²) in [5.41, 5.74) is 0.102. The van der Waals surface area contributed by atoms with Gasteiger partial charge in [0.2, 0.25) is 15.9 Å². The second-order valence-electron chi connectivity index (χ2n) is 8.84. The number of hydrogen-bond donors (Lipinski definition) is 2. The largest absolute Gasteiger partial charge is 0.347 e. The number of carbonyl (C=O) groups excluding carboxylic acids is 2. The zero-order valence-corrected chi connectivity index (χ0v) is 19.9. The molecule has 0 radical (unpaired) electrons. The number of nitrogens with zero attached hydrogens (tertiary/aromatic N) is 1. The Bertz CT molecular complexity index is 1250. The van der Waals surface area contributed by atoms with Crippen LogP contribution in [0.3, 0.4) is 0 Å². The molecule has 11 heteroatoms. The smallest absolute Gasteiger partial charge is 0.254 e. The molecule has 3 N–H and O–H groups in total. The van der Waals surface area contributed by atoms with Crippen molar-refractivity contribution in [1.82, 2.24) is 10.2 Å². The number of nitrogens with one attached hydrogen (secondary N) is 1. The maximum atomic E-state index is 14.6. The van der Waals surface area contributed by atoms with Gasteiger partial charge >= 0.3 is 0 Å². The molecule has 0 unspecified atom stereocenters. The summed E-state index contributed by atoms with van der Waals surface area (Å²) in [4.78, 5) is 27.7. The predicted molar refractivity (Wildman–Crippen MR) is 121 cm³/mol. The van der Waals surface area contributed by atoms with E-state index >= 15 is 0 Å². The van der Waals surface area contributed by atoms with E-state index in [1.165, 1.54) is 29.2 Å². The lowest BCUT2D eigenvalue weighted by molar-refractivity contribution is -0.126. The Labute approximate surface area is 201 Å². The van der Waals surface area contributed by atoms with Crippen molar-refractivity contribution in [1.29, 1.82) is 0 Å². The molecule has 2 aliphatic rings. The van der Waals surface area contributed by atoms with Crippen LogP contribution in [0.2, 0.25) is 5.02 Å². The number of amides is 2. The highest BCUT2D eigenvalue weighted by Crippen LogP contribution is 2.43. The molecule has 0 bridgehead atoms. The highest BCUT2D eigenvalue weighted by Gasteiger charge is 2.42. The van der Waals surface area contributed by atoms with Crippen molar-refractivity contribution in [3.8, 4) is 0 Å². The SMILES string of the molecule is C[C@@H]1CC[C@H](C(=O)N[C@@H](c2cc(F)c(Cl)cc2F)C2CC2)N1C(=O)c1cccc(S(N)(=O)=O)c1. The molecule has 1 aliphatic heterocycles. The summed E-state index contributed by atoms with van der Waals surface area (Å²) in [5.74, 6) is -2.53. The second-order valence-corrected chi connectivity index (χ2v) is 10.8. The van der Waals surface area contributed by atoms with Crippen LogP contribution < -0.4 is 10.5 Å². The molecule has 0 aromatic heterocycles. The van der Waals surface area contributed by atoms with Crippen molar-refractivity contribution in [3.63, 3.8) is 0 Å². The lowest BCUT2D eigenvalue weighted by Crippen LogP contribution is -2.49. The average molecular weight is 512 g/mol. The Morgan fingerprint density at radius 2 is 1.82 bits per heavy atom. The predicted octanol–water partition coefficient (Wildman–Crippen LogP) is 3.53. The molecular weight excluding hydrogens is 488 g/mol. The first-order valence-corrected chi connectivity index (χ1v) is 12.8. The molecule has 2 aromatic rings. The van der Waals surface area contributed by atoms with Gasteiger partial charge in [-0.3, -0.25) is 9.59 Å². The molecule has 1 heterocycles. The van der Waals surface area contributed by atoms with Gasteiger partial charge in [-0.1, -0.05) is 17.7 Å². The van der Waals surface area contributed by atoms with Gasteiger partial charge in [0, 0.05) is 17.2 Å². The minimum absolute atomic E-state index is 0.0162. The van der Waals surface area contributed by atoms with Gasteiger partial charge in [-0.25, -0.2) is 22.3 Å². The van der Waals surface area contributed by atoms with E-state index in [9.17, 15) is 26.8 Å². The first kappa shape index (κ1) is 24.6. The third-order valence-electron chi connectivity index (χ3n) is 6.38. The second kappa shape index (κ2) is 9.24. The Morgan fingerprint density at radius 3 is 2.47 bits per heavy atom. The lowest BCUT2D eigenvalue weighted by atomic mass is 10.0. The van der Waals surface area contributed by atoms with Crippen LogP contribution in [0.15, 0.2) is 41.3 Å². The van der Waals surface area contributed by atoms with Crippen LogP contribution in [0.1, 0.15) is 54.6 Å². The summed E-state index contributed by atoms with van der Waals surface area (Å²) in [6.45, 7) is 1.79. The fourth-order valence-electron chi connectivity index (χ4n) is 4.44. The van der Waals surface area contributed by atoms with Gasteiger partial charge in [0.15, 0.2) is 0 Å². The number of hydrogen-bond acceptors (Lipinski definition) is 4. The average Bonchev–Trinajstić information content (AvgIpc) is 3.55. The number of likely N-dealkylation sites (tertiary alicyclic amines) is 1. The lowest BCUT2D eigenvalue weighted by Gasteiger charge is -2.30. The molecule has 0 spiro atoms. The number of benzene rings is 2. The highest BCUT2D eigenvalue weighted by molar-refractivity contribution is 7.89. The third kappa shape index (κ3) is 4.94. The standard InChI is InChI=1S/C23H24ClF2N3O4S/c1-12-5-8-20(29(12)23(31)14-3-2-4-15(9-14)34(27,32)33)22(30)28-21(13-6-7-13)16-10-19(26)17(24)11-18(16)25/h2-4,9-13,20-21H,5-8H2,1H3,(H,28,30)(H2,27,32,33)/t12-,20-,21-/m1/s1. The monoisotopic (exact) mass is 511 g/mol. The van der Waals surface area contributed by atoms with E-state index in [2.05, 4.69) is 5.32 Å². The zero-order chi connectivity index (χ0) is 24.8. The van der Waals surface area contributed by atoms with Crippen molar-refractivity contribution in [2.45, 2.75) is 55.6 Å². The minimum Gasteiger partial charge on any atom is -0.347 e. The number of rotatable bonds is 6. The molecule has 2 aromatic carbocycles. The van der Waals surface area contributed by atoms with Gasteiger partial charge in [-0.15, -0.1) is 0 Å². The summed E-state index contributed by atoms with van der Waals surface area (Å²) in [7, 11) is -4.01. The molecule has 1 aliphatic carbocycles. The number of sulfonamides is 1. The van der Waals surface area contributed by atoms with Crippen molar-refractivity contribution in [2.24, 2.45) is 11.1 Å². The van der Waals surface area contributed by atoms with Gasteiger partial charge in [0.05, 0.1) is 16.0 Å². The number of primary sulfonamides is 1.